The van der Waals surface area contributed by atoms with E-state index in [9.17, 15) is 14.4 Å². The van der Waals surface area contributed by atoms with Crippen LogP contribution in [0.15, 0.2) is 24.3 Å². The Hall–Kier alpha value is 0.160. The van der Waals surface area contributed by atoms with Gasteiger partial charge in [0.1, 0.15) is 12.3 Å². The minimum absolute atomic E-state index is 0. The topological polar surface area (TPSA) is 281 Å². The summed E-state index contributed by atoms with van der Waals surface area (Å²) in [7, 11) is -5.17. The third-order valence-electron chi connectivity index (χ3n) is 5.67. The molecule has 42 heavy (non-hydrogen) atoms. The van der Waals surface area contributed by atoms with E-state index in [4.69, 9.17) is 42.0 Å². The maximum absolute atomic E-state index is 13.6. The van der Waals surface area contributed by atoms with Crippen molar-refractivity contribution in [2.24, 2.45) is 5.73 Å². The standard InChI is InChI=1S/C21H30N6O3.3Na.H2O4S.H2O3S/c22-21(23)26-11-3-6-15(13-28)27(19(29)17-8-4-10-24-17)20(30)18-16-7-2-1-5-14(16)9-12-25-18;;;;1-5(2,3)4;1-4(2)3/h1-2,5,7,13,15,17-18,24-25H,3-4,6,8-12H2,(H4,22,23,26);;;;(H2,1,2,3,4);(H2,1,2,3)/q;3*+1;;/p-3/t15-,17-,18?;;;;;/m0...../s1. The van der Waals surface area contributed by atoms with Crippen molar-refractivity contribution in [2.45, 2.75) is 50.2 Å². The molecular formula is C21H31N6Na3O10S2. The van der Waals surface area contributed by atoms with E-state index in [1.165, 1.54) is 0 Å². The SMILES string of the molecule is N=C(N)NCCC[C@@H](C=O)N(C(=O)C1NCCc2ccccc21)C(=O)[C@@H]1CCCN1.O=S(=O)([O-])[O-].O=S([O-])O.[Na+].[Na+].[Na+]. The zero-order chi connectivity index (χ0) is 29.6. The van der Waals surface area contributed by atoms with E-state index in [1.807, 2.05) is 24.3 Å². The van der Waals surface area contributed by atoms with Crippen LogP contribution in [0.3, 0.4) is 0 Å². The number of hydrogen-bond acceptors (Lipinski definition) is 12. The Bertz CT molecular complexity index is 1120. The van der Waals surface area contributed by atoms with E-state index in [0.29, 0.717) is 38.6 Å². The zero-order valence-corrected chi connectivity index (χ0v) is 31.4. The molecule has 21 heteroatoms. The van der Waals surface area contributed by atoms with Gasteiger partial charge in [-0.1, -0.05) is 24.3 Å². The van der Waals surface area contributed by atoms with Crippen LogP contribution < -0.4 is 110 Å². The van der Waals surface area contributed by atoms with Crippen molar-refractivity contribution in [3.63, 3.8) is 0 Å². The van der Waals surface area contributed by atoms with Gasteiger partial charge in [0.05, 0.1) is 23.4 Å². The molecule has 0 aliphatic carbocycles. The molecule has 0 bridgehead atoms. The predicted octanol–water partition coefficient (Wildman–Crippen LogP) is -11.2. The molecule has 0 aromatic heterocycles. The van der Waals surface area contributed by atoms with E-state index in [2.05, 4.69) is 16.0 Å². The summed E-state index contributed by atoms with van der Waals surface area (Å²) in [5.41, 5.74) is 7.22. The third-order valence-corrected chi connectivity index (χ3v) is 5.67. The molecule has 4 atom stereocenters. The molecule has 0 spiro atoms. The average molecular weight is 661 g/mol. The van der Waals surface area contributed by atoms with Crippen LogP contribution in [0.5, 0.6) is 0 Å². The Labute approximate surface area is 313 Å². The number of rotatable bonds is 8. The van der Waals surface area contributed by atoms with Gasteiger partial charge >= 0.3 is 88.7 Å². The van der Waals surface area contributed by atoms with Crippen molar-refractivity contribution in [1.82, 2.24) is 20.9 Å². The van der Waals surface area contributed by atoms with Crippen molar-refractivity contribution in [1.29, 1.82) is 5.41 Å². The molecule has 2 aliphatic rings. The van der Waals surface area contributed by atoms with E-state index in [1.54, 1.807) is 0 Å². The molecule has 2 aliphatic heterocycles. The van der Waals surface area contributed by atoms with Crippen LogP contribution in [-0.4, -0.2) is 91.5 Å². The molecule has 1 aromatic rings. The second kappa shape index (κ2) is 24.4. The fraction of sp³-hybridized carbons (Fsp3) is 0.524. The minimum Gasteiger partial charge on any atom is -0.759 e. The minimum atomic E-state index is -5.17. The number of imide groups is 1. The quantitative estimate of drug-likeness (QED) is 0.0174. The molecule has 16 nitrogen and oxygen atoms in total. The second-order valence-corrected chi connectivity index (χ2v) is 9.59. The summed E-state index contributed by atoms with van der Waals surface area (Å²) in [4.78, 5) is 40.0. The number of carbonyl (C=O) groups excluding carboxylic acids is 3. The summed E-state index contributed by atoms with van der Waals surface area (Å²) in [6.45, 7) is 1.74. The number of carbonyl (C=O) groups is 3. The molecule has 220 valence electrons. The predicted molar refractivity (Wildman–Crippen MR) is 135 cm³/mol. The summed E-state index contributed by atoms with van der Waals surface area (Å²) in [5, 5.41) is 16.3. The van der Waals surface area contributed by atoms with Gasteiger partial charge in [-0.2, -0.15) is 0 Å². The Morgan fingerprint density at radius 3 is 2.26 bits per heavy atom. The summed E-state index contributed by atoms with van der Waals surface area (Å²) in [5.74, 6) is -0.892. The maximum atomic E-state index is 13.6. The molecule has 7 N–H and O–H groups in total. The number of hydrogen-bond donors (Lipinski definition) is 6. The summed E-state index contributed by atoms with van der Waals surface area (Å²) in [6.07, 6.45) is 3.79. The second-order valence-electron chi connectivity index (χ2n) is 8.34. The van der Waals surface area contributed by atoms with Gasteiger partial charge in [-0.05, 0) is 49.8 Å². The first-order valence-electron chi connectivity index (χ1n) is 11.7. The molecule has 2 heterocycles. The number of benzene rings is 1. The van der Waals surface area contributed by atoms with E-state index < -0.39 is 45.8 Å². The Morgan fingerprint density at radius 2 is 1.76 bits per heavy atom. The van der Waals surface area contributed by atoms with E-state index in [0.717, 1.165) is 35.4 Å². The molecule has 3 rings (SSSR count). The van der Waals surface area contributed by atoms with Gasteiger partial charge in [0.25, 0.3) is 5.91 Å². The van der Waals surface area contributed by atoms with Crippen LogP contribution in [-0.2, 0) is 42.6 Å². The van der Waals surface area contributed by atoms with Crippen LogP contribution in [0.4, 0.5) is 0 Å². The van der Waals surface area contributed by atoms with Crippen molar-refractivity contribution in [2.75, 3.05) is 19.6 Å². The first-order valence-corrected chi connectivity index (χ1v) is 14.0. The normalized spacial score (nSPS) is 18.1. The molecule has 1 saturated heterocycles. The van der Waals surface area contributed by atoms with Gasteiger partial charge < -0.3 is 44.7 Å². The number of aldehydes is 1. The molecule has 0 radical (unpaired) electrons. The van der Waals surface area contributed by atoms with Gasteiger partial charge in [-0.3, -0.25) is 28.3 Å². The Kier molecular flexibility index (Phi) is 27.1. The van der Waals surface area contributed by atoms with Gasteiger partial charge in [0, 0.05) is 23.5 Å². The smallest absolute Gasteiger partial charge is 0.759 e. The first-order chi connectivity index (χ1) is 18.3. The van der Waals surface area contributed by atoms with Gasteiger partial charge in [0.2, 0.25) is 5.91 Å². The van der Waals surface area contributed by atoms with Gasteiger partial charge in [-0.15, -0.1) is 0 Å². The monoisotopic (exact) mass is 660 g/mol. The molecule has 2 amide bonds. The van der Waals surface area contributed by atoms with Crippen molar-refractivity contribution in [3.8, 4) is 0 Å². The fourth-order valence-electron chi connectivity index (χ4n) is 4.15. The molecular weight excluding hydrogens is 629 g/mol. The molecule has 2 unspecified atom stereocenters. The number of nitrogens with zero attached hydrogens (tertiary/aromatic N) is 1. The van der Waals surface area contributed by atoms with E-state index >= 15 is 0 Å². The number of nitrogens with two attached hydrogens (primary N) is 1. The fourth-order valence-corrected chi connectivity index (χ4v) is 4.15. The van der Waals surface area contributed by atoms with Crippen molar-refractivity contribution >= 4 is 45.8 Å². The van der Waals surface area contributed by atoms with Crippen molar-refractivity contribution in [3.05, 3.63) is 35.4 Å². The number of amides is 2. The summed E-state index contributed by atoms with van der Waals surface area (Å²) < 4.78 is 58.2. The Balaban J connectivity index is -0.00000111. The molecule has 0 saturated carbocycles. The largest absolute Gasteiger partial charge is 1.00 e. The molecule has 1 fully saturated rings. The van der Waals surface area contributed by atoms with E-state index in [-0.39, 0.29) is 101 Å². The van der Waals surface area contributed by atoms with Crippen molar-refractivity contribution < 1.29 is 134 Å². The van der Waals surface area contributed by atoms with Gasteiger partial charge in [0.15, 0.2) is 5.96 Å². The third kappa shape index (κ3) is 18.8. The number of nitrogens with one attached hydrogen (secondary N) is 4. The van der Waals surface area contributed by atoms with Crippen LogP contribution >= 0.6 is 0 Å². The Morgan fingerprint density at radius 1 is 1.19 bits per heavy atom. The summed E-state index contributed by atoms with van der Waals surface area (Å²) in [6, 6.07) is 5.73. The zero-order valence-electron chi connectivity index (χ0n) is 23.7. The van der Waals surface area contributed by atoms with Crippen LogP contribution in [0.2, 0.25) is 0 Å². The van der Waals surface area contributed by atoms with Crippen LogP contribution in [0.25, 0.3) is 0 Å². The van der Waals surface area contributed by atoms with Crippen LogP contribution in [0.1, 0.15) is 42.9 Å². The van der Waals surface area contributed by atoms with Crippen LogP contribution in [0, 0.1) is 5.41 Å². The summed E-state index contributed by atoms with van der Waals surface area (Å²) >= 11 is -2.86. The molecule has 1 aromatic carbocycles. The first kappa shape index (κ1) is 46.6. The van der Waals surface area contributed by atoms with Gasteiger partial charge in [-0.25, -0.2) is 4.21 Å². The maximum Gasteiger partial charge on any atom is 1.00 e. The number of fused-ring (bicyclic) bond motifs is 1. The average Bonchev–Trinajstić information content (AvgIpc) is 3.38. The number of guanidine groups is 1.